The summed E-state index contributed by atoms with van der Waals surface area (Å²) in [4.78, 5) is 20.1. The van der Waals surface area contributed by atoms with Crippen LogP contribution in [0.5, 0.6) is 0 Å². The van der Waals surface area contributed by atoms with E-state index in [-0.39, 0.29) is 11.8 Å². The van der Waals surface area contributed by atoms with Crippen LogP contribution in [-0.2, 0) is 13.0 Å². The van der Waals surface area contributed by atoms with E-state index in [0.717, 1.165) is 36.2 Å². The van der Waals surface area contributed by atoms with Gasteiger partial charge in [-0.1, -0.05) is 49.4 Å². The van der Waals surface area contributed by atoms with Crippen molar-refractivity contribution >= 4 is 16.9 Å². The minimum atomic E-state index is -0.0346. The average molecular weight is 466 g/mol. The number of rotatable bonds is 10. The third-order valence-corrected chi connectivity index (χ3v) is 6.16. The van der Waals surface area contributed by atoms with Crippen molar-refractivity contribution in [1.82, 2.24) is 14.5 Å². The van der Waals surface area contributed by atoms with Crippen LogP contribution in [0, 0.1) is 17.2 Å². The Morgan fingerprint density at radius 3 is 2.49 bits per heavy atom. The molecular formula is C29H31N5O. The number of hydrogen-bond acceptors (Lipinski definition) is 4. The fraction of sp³-hybridized carbons (Fsp3) is 0.276. The molecule has 0 radical (unpaired) electrons. The normalized spacial score (nSPS) is 11.8. The first-order valence-corrected chi connectivity index (χ1v) is 12.1. The van der Waals surface area contributed by atoms with E-state index in [4.69, 9.17) is 16.0 Å². The lowest BCUT2D eigenvalue weighted by Crippen LogP contribution is -2.37. The molecule has 3 aromatic carbocycles. The molecule has 0 aliphatic heterocycles. The van der Waals surface area contributed by atoms with Gasteiger partial charge in [-0.3, -0.25) is 4.79 Å². The molecule has 0 fully saturated rings. The monoisotopic (exact) mass is 465 g/mol. The zero-order valence-electron chi connectivity index (χ0n) is 20.1. The predicted octanol–water partition coefficient (Wildman–Crippen LogP) is 4.63. The third kappa shape index (κ3) is 5.95. The second kappa shape index (κ2) is 11.5. The molecular weight excluding hydrogens is 434 g/mol. The Kier molecular flexibility index (Phi) is 7.92. The van der Waals surface area contributed by atoms with Gasteiger partial charge in [0.05, 0.1) is 22.7 Å². The van der Waals surface area contributed by atoms with Crippen LogP contribution in [0.2, 0.25) is 0 Å². The Morgan fingerprint density at radius 1 is 1.06 bits per heavy atom. The van der Waals surface area contributed by atoms with Gasteiger partial charge in [0.25, 0.3) is 5.91 Å². The molecule has 0 aliphatic rings. The molecule has 0 aliphatic carbocycles. The summed E-state index contributed by atoms with van der Waals surface area (Å²) in [7, 11) is 0. The molecule has 1 unspecified atom stereocenters. The van der Waals surface area contributed by atoms with E-state index in [1.807, 2.05) is 29.2 Å². The number of nitrogens with two attached hydrogens (primary N) is 1. The molecule has 0 saturated carbocycles. The molecule has 35 heavy (non-hydrogen) atoms. The summed E-state index contributed by atoms with van der Waals surface area (Å²) in [5.41, 5.74) is 10.2. The second-order valence-corrected chi connectivity index (χ2v) is 8.98. The van der Waals surface area contributed by atoms with Gasteiger partial charge in [0, 0.05) is 31.6 Å². The van der Waals surface area contributed by atoms with Gasteiger partial charge in [-0.05, 0) is 60.8 Å². The number of carbonyl (C=O) groups is 1. The molecule has 1 aromatic heterocycles. The summed E-state index contributed by atoms with van der Waals surface area (Å²) >= 11 is 0. The van der Waals surface area contributed by atoms with Crippen molar-refractivity contribution in [2.24, 2.45) is 11.7 Å². The standard InChI is InChI=1S/C29H31N5O/c1-22(20-33(17-7-16-30)29(35)25-14-12-23(19-31)13-15-25)18-28-32-26-10-5-6-11-27(26)34(28)21-24-8-3-2-4-9-24/h2-6,8-15,22H,7,16-18,20-21,30H2,1H3. The summed E-state index contributed by atoms with van der Waals surface area (Å²) in [6.45, 7) is 4.64. The molecule has 178 valence electrons. The lowest BCUT2D eigenvalue weighted by atomic mass is 10.0. The van der Waals surface area contributed by atoms with Crippen LogP contribution in [0.3, 0.4) is 0 Å². The van der Waals surface area contributed by atoms with Gasteiger partial charge in [0.15, 0.2) is 0 Å². The average Bonchev–Trinajstić information content (AvgIpc) is 3.23. The van der Waals surface area contributed by atoms with E-state index < -0.39 is 0 Å². The second-order valence-electron chi connectivity index (χ2n) is 8.98. The predicted molar refractivity (Wildman–Crippen MR) is 139 cm³/mol. The maximum absolute atomic E-state index is 13.3. The lowest BCUT2D eigenvalue weighted by molar-refractivity contribution is 0.0730. The third-order valence-electron chi connectivity index (χ3n) is 6.16. The van der Waals surface area contributed by atoms with Crippen molar-refractivity contribution in [2.45, 2.75) is 26.3 Å². The summed E-state index contributed by atoms with van der Waals surface area (Å²) in [5.74, 6) is 1.18. The fourth-order valence-electron chi connectivity index (χ4n) is 4.40. The van der Waals surface area contributed by atoms with E-state index in [0.29, 0.717) is 30.8 Å². The highest BCUT2D eigenvalue weighted by atomic mass is 16.2. The van der Waals surface area contributed by atoms with Gasteiger partial charge >= 0.3 is 0 Å². The van der Waals surface area contributed by atoms with Crippen molar-refractivity contribution in [2.75, 3.05) is 19.6 Å². The molecule has 4 aromatic rings. The maximum atomic E-state index is 13.3. The Balaban J connectivity index is 1.54. The van der Waals surface area contributed by atoms with Crippen LogP contribution in [0.1, 0.15) is 40.7 Å². The molecule has 4 rings (SSSR count). The molecule has 1 atom stereocenters. The molecule has 6 nitrogen and oxygen atoms in total. The summed E-state index contributed by atoms with van der Waals surface area (Å²) < 4.78 is 2.29. The largest absolute Gasteiger partial charge is 0.338 e. The van der Waals surface area contributed by atoms with Crippen LogP contribution in [0.15, 0.2) is 78.9 Å². The number of nitrogens with zero attached hydrogens (tertiary/aromatic N) is 4. The first kappa shape index (κ1) is 24.2. The highest BCUT2D eigenvalue weighted by Gasteiger charge is 2.20. The first-order chi connectivity index (χ1) is 17.1. The van der Waals surface area contributed by atoms with E-state index in [1.165, 1.54) is 5.56 Å². The van der Waals surface area contributed by atoms with Gasteiger partial charge in [-0.15, -0.1) is 0 Å². The Labute approximate surface area is 206 Å². The highest BCUT2D eigenvalue weighted by molar-refractivity contribution is 5.94. The number of hydrogen-bond donors (Lipinski definition) is 1. The van der Waals surface area contributed by atoms with E-state index >= 15 is 0 Å². The zero-order chi connectivity index (χ0) is 24.6. The van der Waals surface area contributed by atoms with Gasteiger partial charge < -0.3 is 15.2 Å². The van der Waals surface area contributed by atoms with E-state index in [9.17, 15) is 4.79 Å². The summed E-state index contributed by atoms with van der Waals surface area (Å²) in [6.07, 6.45) is 1.49. The number of benzene rings is 3. The highest BCUT2D eigenvalue weighted by Crippen LogP contribution is 2.21. The number of carbonyl (C=O) groups excluding carboxylic acids is 1. The first-order valence-electron chi connectivity index (χ1n) is 12.1. The van der Waals surface area contributed by atoms with Crippen LogP contribution >= 0.6 is 0 Å². The molecule has 6 heteroatoms. The van der Waals surface area contributed by atoms with Crippen molar-refractivity contribution < 1.29 is 4.79 Å². The summed E-state index contributed by atoms with van der Waals surface area (Å²) in [6, 6.07) is 27.5. The quantitative estimate of drug-likeness (QED) is 0.370. The SMILES string of the molecule is CC(Cc1nc2ccccc2n1Cc1ccccc1)CN(CCCN)C(=O)c1ccc(C#N)cc1. The minimum absolute atomic E-state index is 0.0346. The zero-order valence-corrected chi connectivity index (χ0v) is 20.1. The van der Waals surface area contributed by atoms with E-state index in [2.05, 4.69) is 47.9 Å². The molecule has 1 amide bonds. The number of aromatic nitrogens is 2. The fourth-order valence-corrected chi connectivity index (χ4v) is 4.40. The molecule has 2 N–H and O–H groups in total. The molecule has 0 spiro atoms. The van der Waals surface area contributed by atoms with Gasteiger partial charge in [0.1, 0.15) is 5.82 Å². The van der Waals surface area contributed by atoms with Gasteiger partial charge in [-0.25, -0.2) is 4.98 Å². The van der Waals surface area contributed by atoms with Crippen LogP contribution in [-0.4, -0.2) is 40.0 Å². The Morgan fingerprint density at radius 2 is 1.77 bits per heavy atom. The molecule has 0 saturated heterocycles. The van der Waals surface area contributed by atoms with Crippen molar-refractivity contribution in [3.8, 4) is 6.07 Å². The van der Waals surface area contributed by atoms with Gasteiger partial charge in [0.2, 0.25) is 0 Å². The smallest absolute Gasteiger partial charge is 0.253 e. The number of imidazole rings is 1. The summed E-state index contributed by atoms with van der Waals surface area (Å²) in [5, 5.41) is 9.05. The van der Waals surface area contributed by atoms with Crippen molar-refractivity contribution in [3.63, 3.8) is 0 Å². The van der Waals surface area contributed by atoms with Crippen LogP contribution in [0.25, 0.3) is 11.0 Å². The number of fused-ring (bicyclic) bond motifs is 1. The Hall–Kier alpha value is -3.95. The lowest BCUT2D eigenvalue weighted by Gasteiger charge is -2.26. The number of para-hydroxylation sites is 2. The number of nitriles is 1. The molecule has 0 bridgehead atoms. The maximum Gasteiger partial charge on any atom is 0.253 e. The van der Waals surface area contributed by atoms with E-state index in [1.54, 1.807) is 24.3 Å². The Bertz CT molecular complexity index is 1300. The number of amides is 1. The van der Waals surface area contributed by atoms with Crippen molar-refractivity contribution in [3.05, 3.63) is 101 Å². The van der Waals surface area contributed by atoms with Gasteiger partial charge in [-0.2, -0.15) is 5.26 Å². The van der Waals surface area contributed by atoms with Crippen molar-refractivity contribution in [1.29, 1.82) is 5.26 Å². The minimum Gasteiger partial charge on any atom is -0.338 e. The van der Waals surface area contributed by atoms with Crippen LogP contribution in [0.4, 0.5) is 0 Å². The molecule has 1 heterocycles. The topological polar surface area (TPSA) is 87.9 Å². The van der Waals surface area contributed by atoms with Crippen LogP contribution < -0.4 is 5.73 Å².